The molecular formula is C37H42BrN3O5S. The van der Waals surface area contributed by atoms with E-state index < -0.39 is 28.5 Å². The number of nitrogens with one attached hydrogen (secondary N) is 1. The number of nitrogens with zero attached hydrogens (tertiary/aromatic N) is 2. The second-order valence-electron chi connectivity index (χ2n) is 11.2. The van der Waals surface area contributed by atoms with Gasteiger partial charge in [0.1, 0.15) is 18.3 Å². The number of anilines is 1. The molecule has 0 aliphatic heterocycles. The summed E-state index contributed by atoms with van der Waals surface area (Å²) in [6.45, 7) is 6.04. The number of hydrogen-bond acceptors (Lipinski definition) is 5. The minimum absolute atomic E-state index is 0.0415. The highest BCUT2D eigenvalue weighted by Crippen LogP contribution is 2.33. The maximum atomic E-state index is 14.7. The third-order valence-corrected chi connectivity index (χ3v) is 9.99. The van der Waals surface area contributed by atoms with Crippen molar-refractivity contribution in [3.05, 3.63) is 124 Å². The molecule has 1 atom stereocenters. The third-order valence-electron chi connectivity index (χ3n) is 7.69. The second kappa shape index (κ2) is 17.1. The Morgan fingerprint density at radius 3 is 2.17 bits per heavy atom. The zero-order valence-corrected chi connectivity index (χ0v) is 29.5. The summed E-state index contributed by atoms with van der Waals surface area (Å²) in [6.07, 6.45) is 1.94. The van der Waals surface area contributed by atoms with Gasteiger partial charge >= 0.3 is 0 Å². The first-order valence-electron chi connectivity index (χ1n) is 15.8. The SMILES string of the molecule is CCCCNC(=O)[C@H](Cc1ccccc1)N(Cc1ccc(Br)cc1)C(=O)CN(c1ccccc1OCC)S(=O)(=O)c1ccc(C)cc1. The summed E-state index contributed by atoms with van der Waals surface area (Å²) in [5.74, 6) is -0.493. The van der Waals surface area contributed by atoms with Gasteiger partial charge in [0.15, 0.2) is 0 Å². The van der Waals surface area contributed by atoms with Crippen molar-refractivity contribution < 1.29 is 22.7 Å². The van der Waals surface area contributed by atoms with Gasteiger partial charge in [0.05, 0.1) is 17.2 Å². The van der Waals surface area contributed by atoms with E-state index in [9.17, 15) is 18.0 Å². The van der Waals surface area contributed by atoms with Crippen LogP contribution in [0.3, 0.4) is 0 Å². The number of carbonyl (C=O) groups is 2. The number of benzene rings is 4. The average Bonchev–Trinajstić information content (AvgIpc) is 3.07. The largest absolute Gasteiger partial charge is 0.492 e. The van der Waals surface area contributed by atoms with E-state index in [1.165, 1.54) is 17.0 Å². The summed E-state index contributed by atoms with van der Waals surface area (Å²) in [5.41, 5.74) is 2.81. The Balaban J connectivity index is 1.82. The summed E-state index contributed by atoms with van der Waals surface area (Å²) in [6, 6.07) is 29.4. The van der Waals surface area contributed by atoms with Gasteiger partial charge in [-0.25, -0.2) is 8.42 Å². The van der Waals surface area contributed by atoms with Crippen LogP contribution in [0.4, 0.5) is 5.69 Å². The van der Waals surface area contributed by atoms with Crippen LogP contribution >= 0.6 is 15.9 Å². The van der Waals surface area contributed by atoms with Crippen molar-refractivity contribution in [3.8, 4) is 5.75 Å². The van der Waals surface area contributed by atoms with Gasteiger partial charge in [0.25, 0.3) is 10.0 Å². The predicted octanol–water partition coefficient (Wildman–Crippen LogP) is 6.91. The van der Waals surface area contributed by atoms with Gasteiger partial charge in [0.2, 0.25) is 11.8 Å². The molecule has 0 radical (unpaired) electrons. The molecule has 4 aromatic carbocycles. The van der Waals surface area contributed by atoms with Crippen molar-refractivity contribution in [2.45, 2.75) is 57.5 Å². The molecule has 0 saturated heterocycles. The zero-order chi connectivity index (χ0) is 33.8. The topological polar surface area (TPSA) is 96.0 Å². The molecule has 248 valence electrons. The lowest BCUT2D eigenvalue weighted by Gasteiger charge is -2.34. The number of para-hydroxylation sites is 2. The summed E-state index contributed by atoms with van der Waals surface area (Å²) in [5, 5.41) is 3.01. The summed E-state index contributed by atoms with van der Waals surface area (Å²) >= 11 is 3.47. The Morgan fingerprint density at radius 2 is 1.51 bits per heavy atom. The molecule has 4 aromatic rings. The first-order valence-corrected chi connectivity index (χ1v) is 18.0. The first kappa shape index (κ1) is 35.7. The van der Waals surface area contributed by atoms with E-state index in [4.69, 9.17) is 4.74 Å². The fourth-order valence-corrected chi connectivity index (χ4v) is 6.83. The molecule has 0 spiro atoms. The lowest BCUT2D eigenvalue weighted by molar-refractivity contribution is -0.140. The van der Waals surface area contributed by atoms with Gasteiger partial charge in [-0.05, 0) is 67.8 Å². The Labute approximate surface area is 286 Å². The molecule has 2 amide bonds. The van der Waals surface area contributed by atoms with Crippen LogP contribution in [-0.4, -0.2) is 50.9 Å². The number of aryl methyl sites for hydroxylation is 1. The molecule has 4 rings (SSSR count). The fourth-order valence-electron chi connectivity index (χ4n) is 5.14. The van der Waals surface area contributed by atoms with E-state index in [-0.39, 0.29) is 29.5 Å². The molecule has 0 aliphatic carbocycles. The van der Waals surface area contributed by atoms with E-state index in [1.54, 1.807) is 36.4 Å². The van der Waals surface area contributed by atoms with Gasteiger partial charge in [0, 0.05) is 24.0 Å². The van der Waals surface area contributed by atoms with Crippen molar-refractivity contribution in [1.29, 1.82) is 0 Å². The normalized spacial score (nSPS) is 11.8. The van der Waals surface area contributed by atoms with Crippen LogP contribution in [-0.2, 0) is 32.6 Å². The zero-order valence-electron chi connectivity index (χ0n) is 27.1. The van der Waals surface area contributed by atoms with Crippen molar-refractivity contribution in [1.82, 2.24) is 10.2 Å². The number of unbranched alkanes of at least 4 members (excludes halogenated alkanes) is 1. The molecule has 1 N–H and O–H groups in total. The minimum atomic E-state index is -4.24. The maximum absolute atomic E-state index is 14.7. The van der Waals surface area contributed by atoms with Crippen LogP contribution in [0, 0.1) is 6.92 Å². The number of halogens is 1. The lowest BCUT2D eigenvalue weighted by Crippen LogP contribution is -2.53. The summed E-state index contributed by atoms with van der Waals surface area (Å²) in [7, 11) is -4.24. The van der Waals surface area contributed by atoms with E-state index >= 15 is 0 Å². The average molecular weight is 721 g/mol. The standard InChI is InChI=1S/C37H42BrN3O5S/c1-4-6-24-39-37(43)34(25-29-12-8-7-9-13-29)40(26-30-18-20-31(38)21-19-30)36(42)27-41(33-14-10-11-15-35(33)46-5-2)47(44,45)32-22-16-28(3)17-23-32/h7-23,34H,4-6,24-27H2,1-3H3,(H,39,43)/t34-/m0/s1. The summed E-state index contributed by atoms with van der Waals surface area (Å²) in [4.78, 5) is 30.1. The molecule has 0 unspecified atom stereocenters. The number of carbonyl (C=O) groups excluding carboxylic acids is 2. The molecule has 0 heterocycles. The number of amides is 2. The molecule has 0 bridgehead atoms. The minimum Gasteiger partial charge on any atom is -0.492 e. The molecule has 0 aromatic heterocycles. The van der Waals surface area contributed by atoms with Crippen LogP contribution < -0.4 is 14.4 Å². The van der Waals surface area contributed by atoms with Crippen LogP contribution in [0.1, 0.15) is 43.4 Å². The maximum Gasteiger partial charge on any atom is 0.264 e. The molecule has 0 saturated carbocycles. The lowest BCUT2D eigenvalue weighted by atomic mass is 10.0. The van der Waals surface area contributed by atoms with Crippen LogP contribution in [0.25, 0.3) is 0 Å². The fraction of sp³-hybridized carbons (Fsp3) is 0.297. The Bertz CT molecular complexity index is 1720. The predicted molar refractivity (Wildman–Crippen MR) is 190 cm³/mol. The number of sulfonamides is 1. The van der Waals surface area contributed by atoms with Gasteiger partial charge in [-0.1, -0.05) is 102 Å². The number of ether oxygens (including phenoxy) is 1. The number of hydrogen-bond donors (Lipinski definition) is 1. The third kappa shape index (κ3) is 9.68. The molecule has 8 nitrogen and oxygen atoms in total. The summed E-state index contributed by atoms with van der Waals surface area (Å²) < 4.78 is 36.5. The van der Waals surface area contributed by atoms with Crippen LogP contribution in [0.5, 0.6) is 5.75 Å². The highest BCUT2D eigenvalue weighted by molar-refractivity contribution is 9.10. The van der Waals surface area contributed by atoms with E-state index in [0.717, 1.165) is 38.3 Å². The molecular weight excluding hydrogens is 678 g/mol. The first-order chi connectivity index (χ1) is 22.6. The highest BCUT2D eigenvalue weighted by atomic mass is 79.9. The molecule has 10 heteroatoms. The smallest absolute Gasteiger partial charge is 0.264 e. The van der Waals surface area contributed by atoms with E-state index in [0.29, 0.717) is 18.9 Å². The van der Waals surface area contributed by atoms with Gasteiger partial charge < -0.3 is 15.0 Å². The molecule has 47 heavy (non-hydrogen) atoms. The molecule has 0 fully saturated rings. The van der Waals surface area contributed by atoms with E-state index in [1.807, 2.05) is 75.4 Å². The second-order valence-corrected chi connectivity index (χ2v) is 14.0. The van der Waals surface area contributed by atoms with Crippen molar-refractivity contribution in [2.75, 3.05) is 24.0 Å². The van der Waals surface area contributed by atoms with Crippen molar-refractivity contribution in [3.63, 3.8) is 0 Å². The van der Waals surface area contributed by atoms with E-state index in [2.05, 4.69) is 21.2 Å². The van der Waals surface area contributed by atoms with Crippen LogP contribution in [0.2, 0.25) is 0 Å². The monoisotopic (exact) mass is 719 g/mol. The Kier molecular flexibility index (Phi) is 13.0. The van der Waals surface area contributed by atoms with Gasteiger partial charge in [-0.3, -0.25) is 13.9 Å². The quantitative estimate of drug-likeness (QED) is 0.127. The van der Waals surface area contributed by atoms with Gasteiger partial charge in [-0.15, -0.1) is 0 Å². The Morgan fingerprint density at radius 1 is 0.851 bits per heavy atom. The van der Waals surface area contributed by atoms with Gasteiger partial charge in [-0.2, -0.15) is 0 Å². The number of rotatable bonds is 16. The van der Waals surface area contributed by atoms with Crippen molar-refractivity contribution in [2.24, 2.45) is 0 Å². The highest BCUT2D eigenvalue weighted by Gasteiger charge is 2.35. The van der Waals surface area contributed by atoms with Crippen molar-refractivity contribution >= 4 is 43.5 Å². The molecule has 0 aliphatic rings. The van der Waals surface area contributed by atoms with Crippen LogP contribution in [0.15, 0.2) is 112 Å². The Hall–Kier alpha value is -4.15.